The first-order valence-corrected chi connectivity index (χ1v) is 10.7. The quantitative estimate of drug-likeness (QED) is 0.514. The number of carbonyl (C=O) groups excluding carboxylic acids is 1. The molecule has 3 aromatic rings. The van der Waals surface area contributed by atoms with Crippen molar-refractivity contribution < 1.29 is 14.4 Å². The molecule has 1 amide bonds. The van der Waals surface area contributed by atoms with E-state index < -0.39 is 5.54 Å². The summed E-state index contributed by atoms with van der Waals surface area (Å²) in [5.41, 5.74) is 3.41. The smallest absolute Gasteiger partial charge is 0.273 e. The highest BCUT2D eigenvalue weighted by Gasteiger charge is 2.28. The maximum absolute atomic E-state index is 13.5. The summed E-state index contributed by atoms with van der Waals surface area (Å²) >= 11 is 0. The summed E-state index contributed by atoms with van der Waals surface area (Å²) in [6, 6.07) is 15.3. The van der Waals surface area contributed by atoms with E-state index >= 15 is 0 Å². The second kappa shape index (κ2) is 9.97. The Morgan fingerprint density at radius 2 is 1.88 bits per heavy atom. The molecule has 170 valence electrons. The highest BCUT2D eigenvalue weighted by atomic mass is 16.6. The molecule has 3 rings (SSSR count). The zero-order chi connectivity index (χ0) is 23.3. The highest BCUT2D eigenvalue weighted by molar-refractivity contribution is 5.95. The number of aryl methyl sites for hydroxylation is 2. The second-order valence-electron chi connectivity index (χ2n) is 8.99. The number of amides is 1. The molecule has 1 heterocycles. The van der Waals surface area contributed by atoms with E-state index in [2.05, 4.69) is 42.5 Å². The van der Waals surface area contributed by atoms with Gasteiger partial charge >= 0.3 is 0 Å². The van der Waals surface area contributed by atoms with E-state index in [1.807, 2.05) is 51.1 Å². The number of nitrogens with two attached hydrogens (primary N) is 1. The van der Waals surface area contributed by atoms with Crippen LogP contribution in [0.15, 0.2) is 54.7 Å². The Balaban J connectivity index is 1.88. The summed E-state index contributed by atoms with van der Waals surface area (Å²) in [7, 11) is 0. The van der Waals surface area contributed by atoms with Crippen LogP contribution in [0.5, 0.6) is 11.5 Å². The van der Waals surface area contributed by atoms with Gasteiger partial charge in [0.15, 0.2) is 11.4 Å². The van der Waals surface area contributed by atoms with E-state index in [0.29, 0.717) is 23.6 Å². The SMILES string of the molecule is Cc1ccc(CC(CON)NC(=O)c2c(Oc3ccccc3)cnn2C(C)(C)C)c(C)c1. The van der Waals surface area contributed by atoms with Crippen LogP contribution in [-0.4, -0.2) is 28.3 Å². The van der Waals surface area contributed by atoms with Gasteiger partial charge in [0.25, 0.3) is 5.91 Å². The topological polar surface area (TPSA) is 91.4 Å². The summed E-state index contributed by atoms with van der Waals surface area (Å²) in [6.07, 6.45) is 2.17. The van der Waals surface area contributed by atoms with Gasteiger partial charge in [-0.1, -0.05) is 42.0 Å². The van der Waals surface area contributed by atoms with Crippen molar-refractivity contribution in [3.8, 4) is 11.5 Å². The van der Waals surface area contributed by atoms with Crippen LogP contribution in [-0.2, 0) is 16.8 Å². The van der Waals surface area contributed by atoms with Crippen molar-refractivity contribution in [3.63, 3.8) is 0 Å². The van der Waals surface area contributed by atoms with Crippen molar-refractivity contribution in [2.75, 3.05) is 6.61 Å². The van der Waals surface area contributed by atoms with E-state index in [1.165, 1.54) is 5.56 Å². The third-order valence-electron chi connectivity index (χ3n) is 5.15. The zero-order valence-electron chi connectivity index (χ0n) is 19.4. The molecule has 7 heteroatoms. The summed E-state index contributed by atoms with van der Waals surface area (Å²) in [5, 5.41) is 7.51. The largest absolute Gasteiger partial charge is 0.453 e. The van der Waals surface area contributed by atoms with Crippen LogP contribution in [0, 0.1) is 13.8 Å². The number of ether oxygens (including phenoxy) is 1. The molecule has 0 aliphatic carbocycles. The number of para-hydroxylation sites is 1. The van der Waals surface area contributed by atoms with Gasteiger partial charge in [-0.15, -0.1) is 0 Å². The summed E-state index contributed by atoms with van der Waals surface area (Å²) in [6.45, 7) is 10.3. The van der Waals surface area contributed by atoms with Crippen LogP contribution in [0.4, 0.5) is 0 Å². The van der Waals surface area contributed by atoms with E-state index in [-0.39, 0.29) is 18.6 Å². The number of hydrogen-bond donors (Lipinski definition) is 2. The van der Waals surface area contributed by atoms with Gasteiger partial charge < -0.3 is 14.9 Å². The lowest BCUT2D eigenvalue weighted by Gasteiger charge is -2.24. The van der Waals surface area contributed by atoms with Gasteiger partial charge in [-0.3, -0.25) is 9.48 Å². The molecule has 3 N–H and O–H groups in total. The van der Waals surface area contributed by atoms with Gasteiger partial charge in [0.1, 0.15) is 5.75 Å². The minimum absolute atomic E-state index is 0.178. The molecular formula is C25H32N4O3. The monoisotopic (exact) mass is 436 g/mol. The molecule has 0 fully saturated rings. The molecule has 0 aliphatic heterocycles. The fourth-order valence-corrected chi connectivity index (χ4v) is 3.60. The maximum Gasteiger partial charge on any atom is 0.273 e. The molecule has 0 saturated heterocycles. The molecule has 0 radical (unpaired) electrons. The summed E-state index contributed by atoms with van der Waals surface area (Å²) in [5.74, 6) is 6.10. The Morgan fingerprint density at radius 3 is 2.50 bits per heavy atom. The minimum atomic E-state index is -0.418. The fraction of sp³-hybridized carbons (Fsp3) is 0.360. The Morgan fingerprint density at radius 1 is 1.16 bits per heavy atom. The average Bonchev–Trinajstić information content (AvgIpc) is 3.15. The zero-order valence-corrected chi connectivity index (χ0v) is 19.4. The second-order valence-corrected chi connectivity index (χ2v) is 8.99. The normalized spacial score (nSPS) is 12.4. The number of aromatic nitrogens is 2. The van der Waals surface area contributed by atoms with Gasteiger partial charge in [0.2, 0.25) is 0 Å². The Kier molecular flexibility index (Phi) is 7.33. The third kappa shape index (κ3) is 5.75. The lowest BCUT2D eigenvalue weighted by Crippen LogP contribution is -2.42. The number of nitrogens with zero attached hydrogens (tertiary/aromatic N) is 2. The van der Waals surface area contributed by atoms with Crippen molar-refractivity contribution >= 4 is 5.91 Å². The lowest BCUT2D eigenvalue weighted by atomic mass is 9.99. The van der Waals surface area contributed by atoms with E-state index in [1.54, 1.807) is 10.9 Å². The van der Waals surface area contributed by atoms with Crippen molar-refractivity contribution in [3.05, 3.63) is 77.1 Å². The Hall–Kier alpha value is -3.16. The van der Waals surface area contributed by atoms with Gasteiger partial charge in [-0.2, -0.15) is 5.10 Å². The molecular weight excluding hydrogens is 404 g/mol. The van der Waals surface area contributed by atoms with Crippen LogP contribution in [0.25, 0.3) is 0 Å². The van der Waals surface area contributed by atoms with E-state index in [9.17, 15) is 4.79 Å². The van der Waals surface area contributed by atoms with Crippen molar-refractivity contribution in [2.45, 2.75) is 52.6 Å². The van der Waals surface area contributed by atoms with Gasteiger partial charge in [0, 0.05) is 0 Å². The maximum atomic E-state index is 13.5. The summed E-state index contributed by atoms with van der Waals surface area (Å²) < 4.78 is 7.68. The molecule has 0 bridgehead atoms. The third-order valence-corrected chi connectivity index (χ3v) is 5.15. The predicted octanol–water partition coefficient (Wildman–Crippen LogP) is 4.28. The molecule has 32 heavy (non-hydrogen) atoms. The first-order valence-electron chi connectivity index (χ1n) is 10.7. The first kappa shape index (κ1) is 23.5. The van der Waals surface area contributed by atoms with Gasteiger partial charge in [-0.25, -0.2) is 5.90 Å². The number of rotatable bonds is 8. The number of carbonyl (C=O) groups is 1. The number of hydrogen-bond acceptors (Lipinski definition) is 5. The molecule has 0 aliphatic rings. The highest BCUT2D eigenvalue weighted by Crippen LogP contribution is 2.29. The molecule has 2 aromatic carbocycles. The molecule has 1 aromatic heterocycles. The van der Waals surface area contributed by atoms with Crippen molar-refractivity contribution in [1.29, 1.82) is 0 Å². The molecule has 1 atom stereocenters. The predicted molar refractivity (Wildman–Crippen MR) is 125 cm³/mol. The Labute approximate surface area is 189 Å². The van der Waals surface area contributed by atoms with Crippen LogP contribution < -0.4 is 16.0 Å². The average molecular weight is 437 g/mol. The van der Waals surface area contributed by atoms with Crippen LogP contribution >= 0.6 is 0 Å². The number of nitrogens with one attached hydrogen (secondary N) is 1. The van der Waals surface area contributed by atoms with Crippen LogP contribution in [0.3, 0.4) is 0 Å². The lowest BCUT2D eigenvalue weighted by molar-refractivity contribution is 0.0822. The van der Waals surface area contributed by atoms with Gasteiger partial charge in [-0.05, 0) is 64.3 Å². The molecule has 0 spiro atoms. The van der Waals surface area contributed by atoms with Crippen LogP contribution in [0.2, 0.25) is 0 Å². The van der Waals surface area contributed by atoms with Crippen molar-refractivity contribution in [1.82, 2.24) is 15.1 Å². The Bertz CT molecular complexity index is 1050. The molecule has 7 nitrogen and oxygen atoms in total. The minimum Gasteiger partial charge on any atom is -0.453 e. The summed E-state index contributed by atoms with van der Waals surface area (Å²) in [4.78, 5) is 18.4. The van der Waals surface area contributed by atoms with Crippen molar-refractivity contribution in [2.24, 2.45) is 5.90 Å². The first-order chi connectivity index (χ1) is 15.2. The van der Waals surface area contributed by atoms with E-state index in [0.717, 1.165) is 11.1 Å². The van der Waals surface area contributed by atoms with E-state index in [4.69, 9.17) is 15.5 Å². The fourth-order valence-electron chi connectivity index (χ4n) is 3.60. The molecule has 0 saturated carbocycles. The molecule has 1 unspecified atom stereocenters. The van der Waals surface area contributed by atoms with Crippen LogP contribution in [0.1, 0.15) is 48.0 Å². The number of benzene rings is 2. The van der Waals surface area contributed by atoms with Gasteiger partial charge in [0.05, 0.1) is 24.4 Å². The standard InChI is InChI=1S/C25H32N4O3/c1-17-11-12-19(18(2)13-17)14-20(16-31-26)28-24(30)23-22(15-27-29(23)25(3,4)5)32-21-9-7-6-8-10-21/h6-13,15,20H,14,16,26H2,1-5H3,(H,28,30).